The smallest absolute Gasteiger partial charge is 0.267 e. The molecule has 0 fully saturated rings. The summed E-state index contributed by atoms with van der Waals surface area (Å²) in [5, 5.41) is 2.90. The fourth-order valence-corrected chi connectivity index (χ4v) is 4.70. The van der Waals surface area contributed by atoms with Gasteiger partial charge in [-0.05, 0) is 38.2 Å². The number of amides is 1. The van der Waals surface area contributed by atoms with Gasteiger partial charge in [0.05, 0.1) is 0 Å². The van der Waals surface area contributed by atoms with E-state index in [0.29, 0.717) is 25.3 Å². The summed E-state index contributed by atoms with van der Waals surface area (Å²) in [5.74, 6) is -0.236. The molecule has 0 radical (unpaired) electrons. The van der Waals surface area contributed by atoms with Gasteiger partial charge < -0.3 is 9.88 Å². The summed E-state index contributed by atoms with van der Waals surface area (Å²) in [6.07, 6.45) is 9.37. The van der Waals surface area contributed by atoms with Crippen molar-refractivity contribution in [1.82, 2.24) is 14.2 Å². The number of nitrogens with zero attached hydrogens (tertiary/aromatic N) is 2. The monoisotopic (exact) mass is 367 g/mol. The van der Waals surface area contributed by atoms with Gasteiger partial charge in [0, 0.05) is 32.9 Å². The molecule has 1 heterocycles. The highest BCUT2D eigenvalue weighted by Crippen LogP contribution is 2.20. The van der Waals surface area contributed by atoms with Crippen LogP contribution < -0.4 is 5.32 Å². The van der Waals surface area contributed by atoms with E-state index in [9.17, 15) is 13.2 Å². The molecular weight excluding hydrogens is 338 g/mol. The van der Waals surface area contributed by atoms with E-state index in [1.54, 1.807) is 25.5 Å². The molecule has 0 saturated carbocycles. The van der Waals surface area contributed by atoms with Crippen molar-refractivity contribution in [2.24, 2.45) is 7.05 Å². The van der Waals surface area contributed by atoms with Crippen molar-refractivity contribution < 1.29 is 13.2 Å². The minimum Gasteiger partial charge on any atom is -0.350 e. The van der Waals surface area contributed by atoms with Gasteiger partial charge in [-0.1, -0.05) is 25.5 Å². The quantitative estimate of drug-likeness (QED) is 0.718. The zero-order valence-electron chi connectivity index (χ0n) is 15.4. The number of hydrogen-bond acceptors (Lipinski definition) is 3. The molecule has 0 unspecified atom stereocenters. The first-order valence-corrected chi connectivity index (χ1v) is 10.5. The van der Waals surface area contributed by atoms with Gasteiger partial charge in [-0.15, -0.1) is 0 Å². The molecule has 140 valence electrons. The lowest BCUT2D eigenvalue weighted by Crippen LogP contribution is -2.30. The van der Waals surface area contributed by atoms with E-state index in [1.807, 2.05) is 0 Å². The van der Waals surface area contributed by atoms with Crippen LogP contribution in [0, 0.1) is 0 Å². The van der Waals surface area contributed by atoms with Gasteiger partial charge >= 0.3 is 0 Å². The highest BCUT2D eigenvalue weighted by Gasteiger charge is 2.25. The topological polar surface area (TPSA) is 71.4 Å². The van der Waals surface area contributed by atoms with Crippen molar-refractivity contribution in [3.8, 4) is 0 Å². The van der Waals surface area contributed by atoms with Crippen LogP contribution in [0.3, 0.4) is 0 Å². The number of aryl methyl sites for hydroxylation is 1. The Labute approximate surface area is 150 Å². The Morgan fingerprint density at radius 3 is 2.60 bits per heavy atom. The minimum atomic E-state index is -3.55. The summed E-state index contributed by atoms with van der Waals surface area (Å²) in [6, 6.07) is 1.46. The lowest BCUT2D eigenvalue weighted by atomic mass is 9.97. The number of sulfonamides is 1. The number of carbonyl (C=O) groups is 1. The number of allylic oxidation sites excluding steroid dienone is 1. The van der Waals surface area contributed by atoms with E-state index < -0.39 is 10.0 Å². The van der Waals surface area contributed by atoms with E-state index >= 15 is 0 Å². The fourth-order valence-electron chi connectivity index (χ4n) is 3.17. The summed E-state index contributed by atoms with van der Waals surface area (Å²) in [4.78, 5) is 12.6. The van der Waals surface area contributed by atoms with Gasteiger partial charge in [-0.3, -0.25) is 4.79 Å². The van der Waals surface area contributed by atoms with Gasteiger partial charge in [0.25, 0.3) is 5.91 Å². The molecule has 0 bridgehead atoms. The molecule has 0 saturated heterocycles. The van der Waals surface area contributed by atoms with E-state index in [4.69, 9.17) is 0 Å². The number of carbonyl (C=O) groups excluding carboxylic acids is 1. The third kappa shape index (κ3) is 4.73. The van der Waals surface area contributed by atoms with Crippen molar-refractivity contribution in [1.29, 1.82) is 0 Å². The Bertz CT molecular complexity index is 731. The van der Waals surface area contributed by atoms with Gasteiger partial charge in [-0.25, -0.2) is 8.42 Å². The molecule has 1 aromatic rings. The Balaban J connectivity index is 2.03. The summed E-state index contributed by atoms with van der Waals surface area (Å²) < 4.78 is 28.1. The molecular formula is C18H29N3O3S. The Kier molecular flexibility index (Phi) is 6.84. The number of rotatable bonds is 8. The molecule has 0 spiro atoms. The molecule has 1 N–H and O–H groups in total. The molecule has 25 heavy (non-hydrogen) atoms. The van der Waals surface area contributed by atoms with Crippen molar-refractivity contribution in [3.05, 3.63) is 29.6 Å². The lowest BCUT2D eigenvalue weighted by Gasteiger charge is -2.17. The second-order valence-corrected chi connectivity index (χ2v) is 8.31. The average molecular weight is 368 g/mol. The SMILES string of the molecule is CCN(CC)S(=O)(=O)c1cc(C(=O)NCCC2=CCCCC2)n(C)c1. The molecule has 0 aromatic carbocycles. The summed E-state index contributed by atoms with van der Waals surface area (Å²) >= 11 is 0. The Morgan fingerprint density at radius 1 is 1.28 bits per heavy atom. The Hall–Kier alpha value is -1.60. The molecule has 7 heteroatoms. The predicted molar refractivity (Wildman–Crippen MR) is 99.0 cm³/mol. The number of hydrogen-bond donors (Lipinski definition) is 1. The third-order valence-corrected chi connectivity index (χ3v) is 6.69. The van der Waals surface area contributed by atoms with Crippen LogP contribution in [0.1, 0.15) is 56.4 Å². The maximum Gasteiger partial charge on any atom is 0.267 e. The first-order chi connectivity index (χ1) is 11.9. The zero-order chi connectivity index (χ0) is 18.4. The molecule has 1 aromatic heterocycles. The van der Waals surface area contributed by atoms with Gasteiger partial charge in [0.1, 0.15) is 10.6 Å². The van der Waals surface area contributed by atoms with Crippen LogP contribution in [0.5, 0.6) is 0 Å². The largest absolute Gasteiger partial charge is 0.350 e. The van der Waals surface area contributed by atoms with Gasteiger partial charge in [-0.2, -0.15) is 4.31 Å². The average Bonchev–Trinajstić information content (AvgIpc) is 2.99. The molecule has 0 aliphatic heterocycles. The van der Waals surface area contributed by atoms with Gasteiger partial charge in [0.15, 0.2) is 0 Å². The van der Waals surface area contributed by atoms with Crippen LogP contribution in [0.25, 0.3) is 0 Å². The van der Waals surface area contributed by atoms with Crippen LogP contribution >= 0.6 is 0 Å². The van der Waals surface area contributed by atoms with Crippen molar-refractivity contribution >= 4 is 15.9 Å². The molecule has 6 nitrogen and oxygen atoms in total. The van der Waals surface area contributed by atoms with E-state index in [0.717, 1.165) is 19.3 Å². The second-order valence-electron chi connectivity index (χ2n) is 6.38. The van der Waals surface area contributed by atoms with Crippen molar-refractivity contribution in [2.45, 2.75) is 50.8 Å². The van der Waals surface area contributed by atoms with E-state index in [2.05, 4.69) is 11.4 Å². The van der Waals surface area contributed by atoms with Crippen molar-refractivity contribution in [2.75, 3.05) is 19.6 Å². The second kappa shape index (κ2) is 8.67. The van der Waals surface area contributed by atoms with Gasteiger partial charge in [0.2, 0.25) is 10.0 Å². The summed E-state index contributed by atoms with van der Waals surface area (Å²) in [7, 11) is -1.86. The molecule has 0 atom stereocenters. The standard InChI is InChI=1S/C18H29N3O3S/c1-4-21(5-2)25(23,24)16-13-17(20(3)14-16)18(22)19-12-11-15-9-7-6-8-10-15/h9,13-14H,4-8,10-12H2,1-3H3,(H,19,22). The molecule has 1 aliphatic rings. The van der Waals surface area contributed by atoms with E-state index in [1.165, 1.54) is 35.0 Å². The summed E-state index contributed by atoms with van der Waals surface area (Å²) in [5.41, 5.74) is 1.77. The third-order valence-electron chi connectivity index (χ3n) is 4.67. The molecule has 1 amide bonds. The van der Waals surface area contributed by atoms with Crippen LogP contribution in [0.15, 0.2) is 28.8 Å². The maximum absolute atomic E-state index is 12.6. The van der Waals surface area contributed by atoms with Crippen molar-refractivity contribution in [3.63, 3.8) is 0 Å². The van der Waals surface area contributed by atoms with Crippen LogP contribution in [-0.4, -0.2) is 42.8 Å². The fraction of sp³-hybridized carbons (Fsp3) is 0.611. The van der Waals surface area contributed by atoms with Crippen LogP contribution in [-0.2, 0) is 17.1 Å². The number of aromatic nitrogens is 1. The minimum absolute atomic E-state index is 0.166. The maximum atomic E-state index is 12.6. The first-order valence-electron chi connectivity index (χ1n) is 9.02. The van der Waals surface area contributed by atoms with Crippen LogP contribution in [0.2, 0.25) is 0 Å². The lowest BCUT2D eigenvalue weighted by molar-refractivity contribution is 0.0946. The Morgan fingerprint density at radius 2 is 2.00 bits per heavy atom. The first kappa shape index (κ1) is 19.7. The highest BCUT2D eigenvalue weighted by atomic mass is 32.2. The highest BCUT2D eigenvalue weighted by molar-refractivity contribution is 7.89. The van der Waals surface area contributed by atoms with Crippen LogP contribution in [0.4, 0.5) is 0 Å². The number of nitrogens with one attached hydrogen (secondary N) is 1. The predicted octanol–water partition coefficient (Wildman–Crippen LogP) is 2.68. The van der Waals surface area contributed by atoms with E-state index in [-0.39, 0.29) is 10.8 Å². The normalized spacial score (nSPS) is 15.3. The molecule has 1 aliphatic carbocycles. The summed E-state index contributed by atoms with van der Waals surface area (Å²) in [6.45, 7) is 5.00. The molecule has 2 rings (SSSR count). The zero-order valence-corrected chi connectivity index (χ0v) is 16.2.